The zero-order valence-corrected chi connectivity index (χ0v) is 11.8. The van der Waals surface area contributed by atoms with Gasteiger partial charge in [0.2, 0.25) is 0 Å². The van der Waals surface area contributed by atoms with E-state index in [1.165, 1.54) is 25.5 Å². The number of aliphatic hydroxyl groups excluding tert-OH is 2. The number of nitrogens with one attached hydrogen (secondary N) is 2. The summed E-state index contributed by atoms with van der Waals surface area (Å²) in [6.45, 7) is 1.02. The van der Waals surface area contributed by atoms with Crippen LogP contribution in [0.15, 0.2) is 17.3 Å². The van der Waals surface area contributed by atoms with Crippen LogP contribution in [-0.4, -0.2) is 77.1 Å². The molecular weight excluding hydrogens is 264 g/mol. The van der Waals surface area contributed by atoms with Crippen molar-refractivity contribution in [3.63, 3.8) is 0 Å². The summed E-state index contributed by atoms with van der Waals surface area (Å²) in [5.74, 6) is 0.0168. The highest BCUT2D eigenvalue weighted by Crippen LogP contribution is 2.29. The zero-order chi connectivity index (χ0) is 15.3. The van der Waals surface area contributed by atoms with E-state index in [1.54, 1.807) is 19.0 Å². The fourth-order valence-electron chi connectivity index (χ4n) is 1.70. The van der Waals surface area contributed by atoms with E-state index in [0.717, 1.165) is 0 Å². The van der Waals surface area contributed by atoms with E-state index in [9.17, 15) is 10.2 Å². The van der Waals surface area contributed by atoms with Gasteiger partial charge in [-0.25, -0.2) is 4.99 Å². The van der Waals surface area contributed by atoms with Crippen molar-refractivity contribution >= 4 is 12.2 Å². The van der Waals surface area contributed by atoms with E-state index in [2.05, 4.69) is 10.3 Å². The molecule has 1 aliphatic heterocycles. The van der Waals surface area contributed by atoms with Crippen molar-refractivity contribution in [2.45, 2.75) is 31.0 Å². The molecule has 1 saturated heterocycles. The van der Waals surface area contributed by atoms with Crippen LogP contribution in [0.3, 0.4) is 0 Å². The van der Waals surface area contributed by atoms with Gasteiger partial charge in [-0.2, -0.15) is 0 Å². The van der Waals surface area contributed by atoms with Crippen molar-refractivity contribution in [1.82, 2.24) is 10.2 Å². The summed E-state index contributed by atoms with van der Waals surface area (Å²) in [5, 5.41) is 39.1. The first-order valence-electron chi connectivity index (χ1n) is 6.17. The monoisotopic (exact) mass is 286 g/mol. The number of hydrogen-bond donors (Lipinski definition) is 5. The molecule has 0 aromatic heterocycles. The van der Waals surface area contributed by atoms with E-state index < -0.39 is 24.0 Å². The van der Waals surface area contributed by atoms with E-state index >= 15 is 0 Å². The molecule has 4 atom stereocenters. The first-order valence-corrected chi connectivity index (χ1v) is 6.17. The second-order valence-electron chi connectivity index (χ2n) is 5.00. The van der Waals surface area contributed by atoms with Crippen LogP contribution in [0.2, 0.25) is 0 Å². The smallest absolute Gasteiger partial charge is 0.159 e. The average Bonchev–Trinajstić information content (AvgIpc) is 2.59. The van der Waals surface area contributed by atoms with Crippen LogP contribution in [0.5, 0.6) is 0 Å². The third-order valence-corrected chi connectivity index (χ3v) is 2.89. The molecule has 8 heteroatoms. The van der Waals surface area contributed by atoms with Gasteiger partial charge in [0.15, 0.2) is 6.23 Å². The predicted molar refractivity (Wildman–Crippen MR) is 74.6 cm³/mol. The summed E-state index contributed by atoms with van der Waals surface area (Å²) in [4.78, 5) is 5.53. The molecule has 0 aromatic carbocycles. The molecule has 0 spiro atoms. The molecule has 1 aliphatic rings. The van der Waals surface area contributed by atoms with Gasteiger partial charge in [0.05, 0.1) is 12.9 Å². The molecule has 0 amide bonds. The molecule has 8 nitrogen and oxygen atoms in total. The van der Waals surface area contributed by atoms with Crippen molar-refractivity contribution in [2.24, 2.45) is 4.99 Å². The fourth-order valence-corrected chi connectivity index (χ4v) is 1.70. The van der Waals surface area contributed by atoms with Gasteiger partial charge in [0.1, 0.15) is 23.6 Å². The maximum atomic E-state index is 10.1. The lowest BCUT2D eigenvalue weighted by atomic mass is 9.97. The highest BCUT2D eigenvalue weighted by atomic mass is 16.6. The number of hydrogen-bond acceptors (Lipinski definition) is 6. The van der Waals surface area contributed by atoms with Crippen molar-refractivity contribution in [1.29, 1.82) is 5.41 Å². The number of ether oxygens (including phenoxy) is 1. The van der Waals surface area contributed by atoms with Gasteiger partial charge in [-0.1, -0.05) is 0 Å². The summed E-state index contributed by atoms with van der Waals surface area (Å²) < 4.78 is 5.29. The highest BCUT2D eigenvalue weighted by Gasteiger charge is 2.51. The molecular formula is C12H22N4O4. The van der Waals surface area contributed by atoms with Gasteiger partial charge in [0.25, 0.3) is 0 Å². The van der Waals surface area contributed by atoms with Crippen molar-refractivity contribution in [3.8, 4) is 0 Å². The fraction of sp³-hybridized carbons (Fsp3) is 0.667. The van der Waals surface area contributed by atoms with E-state index in [0.29, 0.717) is 0 Å². The first-order chi connectivity index (χ1) is 9.28. The Morgan fingerprint density at radius 2 is 2.20 bits per heavy atom. The van der Waals surface area contributed by atoms with Crippen molar-refractivity contribution < 1.29 is 20.1 Å². The van der Waals surface area contributed by atoms with Gasteiger partial charge < -0.3 is 30.3 Å². The number of amidine groups is 1. The van der Waals surface area contributed by atoms with Crippen molar-refractivity contribution in [3.05, 3.63) is 12.3 Å². The Hall–Kier alpha value is -1.48. The van der Waals surface area contributed by atoms with Gasteiger partial charge in [0, 0.05) is 20.3 Å². The minimum Gasteiger partial charge on any atom is -0.394 e. The van der Waals surface area contributed by atoms with Crippen LogP contribution in [0.4, 0.5) is 0 Å². The molecule has 20 heavy (non-hydrogen) atoms. The summed E-state index contributed by atoms with van der Waals surface area (Å²) >= 11 is 0. The summed E-state index contributed by atoms with van der Waals surface area (Å²) in [5.41, 5.74) is -1.53. The average molecular weight is 286 g/mol. The van der Waals surface area contributed by atoms with Crippen LogP contribution in [-0.2, 0) is 4.74 Å². The third-order valence-electron chi connectivity index (χ3n) is 2.89. The van der Waals surface area contributed by atoms with Gasteiger partial charge in [-0.05, 0) is 13.0 Å². The summed E-state index contributed by atoms with van der Waals surface area (Å²) in [6, 6.07) is 0. The molecule has 0 aromatic rings. The number of rotatable bonds is 5. The molecule has 1 rings (SSSR count). The molecule has 1 unspecified atom stereocenters. The Labute approximate surface area is 117 Å². The van der Waals surface area contributed by atoms with Crippen LogP contribution < -0.4 is 5.32 Å². The molecule has 0 bridgehead atoms. The molecule has 114 valence electrons. The number of nitrogens with zero attached hydrogens (tertiary/aromatic N) is 2. The minimum atomic E-state index is -1.53. The second-order valence-corrected chi connectivity index (χ2v) is 5.00. The third kappa shape index (κ3) is 4.01. The molecule has 0 saturated carbocycles. The van der Waals surface area contributed by atoms with Gasteiger partial charge in [-0.15, -0.1) is 0 Å². The number of aliphatic imine (C=N–C) groups is 1. The van der Waals surface area contributed by atoms with Gasteiger partial charge in [-0.3, -0.25) is 5.41 Å². The Bertz CT molecular complexity index is 395. The van der Waals surface area contributed by atoms with E-state index in [1.807, 2.05) is 0 Å². The molecule has 0 radical (unpaired) electrons. The lowest BCUT2D eigenvalue weighted by molar-refractivity contribution is -0.0702. The Morgan fingerprint density at radius 1 is 1.55 bits per heavy atom. The van der Waals surface area contributed by atoms with E-state index in [-0.39, 0.29) is 12.4 Å². The standard InChI is InChI=1S/C12H22N4O4/c1-12(19)10(18)8(6-17)20-11(12)14-5-4-9(13)15-7-16(2)3/h4-5,7-8,10-11,13-14,17-19H,6H2,1-3H3/b5-4-,13-9?,15-7?/t8-,10?,11-,12+/m1/s1. The Balaban J connectivity index is 2.55. The minimum absolute atomic E-state index is 0.0168. The normalized spacial score (nSPS) is 34.0. The maximum absolute atomic E-state index is 10.1. The van der Waals surface area contributed by atoms with Crippen LogP contribution in [0.1, 0.15) is 6.92 Å². The van der Waals surface area contributed by atoms with E-state index in [4.69, 9.17) is 15.3 Å². The zero-order valence-electron chi connectivity index (χ0n) is 11.8. The SMILES string of the molecule is CN(C)C=NC(=N)/C=C\N[C@@H]1O[C@H](CO)C(O)[C@]1(C)O. The predicted octanol–water partition coefficient (Wildman–Crippen LogP) is -1.51. The second kappa shape index (κ2) is 6.80. The lowest BCUT2D eigenvalue weighted by Gasteiger charge is -2.26. The van der Waals surface area contributed by atoms with Crippen LogP contribution >= 0.6 is 0 Å². The topological polar surface area (TPSA) is 121 Å². The number of aliphatic hydroxyl groups is 3. The Kier molecular flexibility index (Phi) is 5.63. The summed E-state index contributed by atoms with van der Waals surface area (Å²) in [6.07, 6.45) is 1.36. The quantitative estimate of drug-likeness (QED) is 0.309. The largest absolute Gasteiger partial charge is 0.394 e. The lowest BCUT2D eigenvalue weighted by Crippen LogP contribution is -2.50. The van der Waals surface area contributed by atoms with Crippen LogP contribution in [0, 0.1) is 5.41 Å². The highest BCUT2D eigenvalue weighted by molar-refractivity contribution is 5.95. The van der Waals surface area contributed by atoms with Crippen molar-refractivity contribution in [2.75, 3.05) is 20.7 Å². The molecule has 5 N–H and O–H groups in total. The Morgan fingerprint density at radius 3 is 2.70 bits per heavy atom. The van der Waals surface area contributed by atoms with Gasteiger partial charge >= 0.3 is 0 Å². The summed E-state index contributed by atoms with van der Waals surface area (Å²) in [7, 11) is 3.58. The molecule has 1 fully saturated rings. The van der Waals surface area contributed by atoms with Crippen LogP contribution in [0.25, 0.3) is 0 Å². The maximum Gasteiger partial charge on any atom is 0.159 e. The molecule has 1 heterocycles. The first kappa shape index (κ1) is 16.6. The molecule has 0 aliphatic carbocycles.